The molecular weight excluding hydrogens is 324 g/mol. The standard InChI is InChI=1S/C14H15BrN2O3/c1-8(9(2)14(18)19)13-16-12(17-20-13)7-10-4-3-5-11(15)6-10/h3-6,8-9H,7H2,1-2H3,(H,18,19). The molecule has 0 fully saturated rings. The predicted octanol–water partition coefficient (Wildman–Crippen LogP) is 3.25. The number of carboxylic acids is 1. The Hall–Kier alpha value is -1.69. The van der Waals surface area contributed by atoms with Gasteiger partial charge in [0.2, 0.25) is 5.89 Å². The minimum absolute atomic E-state index is 0.309. The van der Waals surface area contributed by atoms with Crippen LogP contribution in [0.25, 0.3) is 0 Å². The van der Waals surface area contributed by atoms with Crippen LogP contribution in [0.5, 0.6) is 0 Å². The lowest BCUT2D eigenvalue weighted by Crippen LogP contribution is -2.16. The minimum Gasteiger partial charge on any atom is -0.481 e. The van der Waals surface area contributed by atoms with E-state index in [0.29, 0.717) is 18.1 Å². The zero-order valence-electron chi connectivity index (χ0n) is 11.2. The first-order chi connectivity index (χ1) is 9.47. The van der Waals surface area contributed by atoms with Crippen LogP contribution in [-0.4, -0.2) is 21.2 Å². The Bertz CT molecular complexity index is 612. The van der Waals surface area contributed by atoms with Gasteiger partial charge in [0.25, 0.3) is 0 Å². The van der Waals surface area contributed by atoms with Gasteiger partial charge in [0.1, 0.15) is 0 Å². The van der Waals surface area contributed by atoms with Crippen LogP contribution in [0, 0.1) is 5.92 Å². The molecule has 5 nitrogen and oxygen atoms in total. The number of carbonyl (C=O) groups is 1. The van der Waals surface area contributed by atoms with E-state index in [0.717, 1.165) is 10.0 Å². The lowest BCUT2D eigenvalue weighted by Gasteiger charge is -2.10. The van der Waals surface area contributed by atoms with E-state index in [1.54, 1.807) is 13.8 Å². The Kier molecular flexibility index (Phi) is 4.54. The number of aromatic nitrogens is 2. The van der Waals surface area contributed by atoms with Crippen molar-refractivity contribution in [2.45, 2.75) is 26.2 Å². The second-order valence-electron chi connectivity index (χ2n) is 4.77. The Morgan fingerprint density at radius 2 is 2.20 bits per heavy atom. The molecule has 0 spiro atoms. The molecule has 1 aromatic heterocycles. The molecule has 0 radical (unpaired) electrons. The molecule has 0 aliphatic heterocycles. The van der Waals surface area contributed by atoms with Crippen molar-refractivity contribution in [3.63, 3.8) is 0 Å². The molecule has 2 unspecified atom stereocenters. The molecule has 0 aliphatic carbocycles. The van der Waals surface area contributed by atoms with E-state index in [1.807, 2.05) is 24.3 Å². The maximum atomic E-state index is 11.0. The summed E-state index contributed by atoms with van der Waals surface area (Å²) in [6.45, 7) is 3.40. The SMILES string of the molecule is CC(C(=O)O)C(C)c1nc(Cc2cccc(Br)c2)no1. The Morgan fingerprint density at radius 1 is 1.45 bits per heavy atom. The maximum Gasteiger partial charge on any atom is 0.307 e. The number of nitrogens with zero attached hydrogens (tertiary/aromatic N) is 2. The molecular formula is C14H15BrN2O3. The van der Waals surface area contributed by atoms with Crippen molar-refractivity contribution in [1.82, 2.24) is 10.1 Å². The van der Waals surface area contributed by atoms with Gasteiger partial charge < -0.3 is 9.63 Å². The van der Waals surface area contributed by atoms with Crippen molar-refractivity contribution < 1.29 is 14.4 Å². The molecule has 1 heterocycles. The molecule has 2 rings (SSSR count). The molecule has 0 bridgehead atoms. The van der Waals surface area contributed by atoms with Crippen LogP contribution in [0.3, 0.4) is 0 Å². The third kappa shape index (κ3) is 3.45. The lowest BCUT2D eigenvalue weighted by atomic mass is 9.96. The zero-order chi connectivity index (χ0) is 14.7. The number of hydrogen-bond donors (Lipinski definition) is 1. The first kappa shape index (κ1) is 14.7. The van der Waals surface area contributed by atoms with Crippen LogP contribution in [-0.2, 0) is 11.2 Å². The molecule has 0 saturated heterocycles. The van der Waals surface area contributed by atoms with Crippen LogP contribution in [0.4, 0.5) is 0 Å². The summed E-state index contributed by atoms with van der Waals surface area (Å²) in [5, 5.41) is 12.9. The van der Waals surface area contributed by atoms with E-state index in [-0.39, 0.29) is 5.92 Å². The molecule has 2 atom stereocenters. The highest BCUT2D eigenvalue weighted by Gasteiger charge is 2.25. The molecule has 2 aromatic rings. The molecule has 1 N–H and O–H groups in total. The fourth-order valence-electron chi connectivity index (χ4n) is 1.78. The number of carboxylic acid groups (broad SMARTS) is 1. The first-order valence-electron chi connectivity index (χ1n) is 6.27. The van der Waals surface area contributed by atoms with E-state index >= 15 is 0 Å². The van der Waals surface area contributed by atoms with E-state index in [2.05, 4.69) is 26.1 Å². The van der Waals surface area contributed by atoms with Crippen molar-refractivity contribution in [1.29, 1.82) is 0 Å². The van der Waals surface area contributed by atoms with E-state index in [1.165, 1.54) is 0 Å². The van der Waals surface area contributed by atoms with Crippen molar-refractivity contribution in [2.24, 2.45) is 5.92 Å². The average Bonchev–Trinajstić information content (AvgIpc) is 2.85. The highest BCUT2D eigenvalue weighted by atomic mass is 79.9. The molecule has 1 aromatic carbocycles. The second kappa shape index (κ2) is 6.17. The summed E-state index contributed by atoms with van der Waals surface area (Å²) in [4.78, 5) is 15.2. The number of hydrogen-bond acceptors (Lipinski definition) is 4. The number of rotatable bonds is 5. The van der Waals surface area contributed by atoms with Crippen LogP contribution < -0.4 is 0 Å². The van der Waals surface area contributed by atoms with E-state index in [9.17, 15) is 4.79 Å². The largest absolute Gasteiger partial charge is 0.481 e. The van der Waals surface area contributed by atoms with Gasteiger partial charge in [-0.1, -0.05) is 47.1 Å². The van der Waals surface area contributed by atoms with E-state index in [4.69, 9.17) is 9.63 Å². The summed E-state index contributed by atoms with van der Waals surface area (Å²) in [6, 6.07) is 7.85. The number of benzene rings is 1. The average molecular weight is 339 g/mol. The minimum atomic E-state index is -0.871. The molecule has 6 heteroatoms. The number of aliphatic carboxylic acids is 1. The van der Waals surface area contributed by atoms with Crippen LogP contribution >= 0.6 is 15.9 Å². The number of halogens is 1. The quantitative estimate of drug-likeness (QED) is 0.905. The third-order valence-corrected chi connectivity index (χ3v) is 3.76. The normalized spacial score (nSPS) is 13.9. The van der Waals surface area contributed by atoms with Gasteiger partial charge >= 0.3 is 5.97 Å². The van der Waals surface area contributed by atoms with Crippen molar-refractivity contribution in [3.8, 4) is 0 Å². The summed E-state index contributed by atoms with van der Waals surface area (Å²) < 4.78 is 6.16. The third-order valence-electron chi connectivity index (χ3n) is 3.26. The van der Waals surface area contributed by atoms with Gasteiger partial charge in [0.15, 0.2) is 5.82 Å². The van der Waals surface area contributed by atoms with Crippen LogP contribution in [0.2, 0.25) is 0 Å². The van der Waals surface area contributed by atoms with Crippen LogP contribution in [0.15, 0.2) is 33.3 Å². The molecule has 106 valence electrons. The lowest BCUT2D eigenvalue weighted by molar-refractivity contribution is -0.141. The molecule has 0 saturated carbocycles. The Labute approximate surface area is 125 Å². The molecule has 20 heavy (non-hydrogen) atoms. The van der Waals surface area contributed by atoms with Gasteiger partial charge in [-0.2, -0.15) is 4.98 Å². The van der Waals surface area contributed by atoms with Gasteiger partial charge in [-0.25, -0.2) is 0 Å². The highest BCUT2D eigenvalue weighted by Crippen LogP contribution is 2.23. The van der Waals surface area contributed by atoms with Gasteiger partial charge in [0.05, 0.1) is 5.92 Å². The predicted molar refractivity (Wildman–Crippen MR) is 76.5 cm³/mol. The molecule has 0 amide bonds. The summed E-state index contributed by atoms with van der Waals surface area (Å²) in [5.74, 6) is -0.817. The molecule has 0 aliphatic rings. The summed E-state index contributed by atoms with van der Waals surface area (Å²) in [7, 11) is 0. The zero-order valence-corrected chi connectivity index (χ0v) is 12.8. The topological polar surface area (TPSA) is 76.2 Å². The maximum absolute atomic E-state index is 11.0. The first-order valence-corrected chi connectivity index (χ1v) is 7.06. The van der Waals surface area contributed by atoms with Crippen molar-refractivity contribution in [3.05, 3.63) is 46.0 Å². The van der Waals surface area contributed by atoms with Gasteiger partial charge in [0, 0.05) is 16.8 Å². The van der Waals surface area contributed by atoms with Gasteiger partial charge in [-0.3, -0.25) is 4.79 Å². The van der Waals surface area contributed by atoms with Crippen LogP contribution in [0.1, 0.15) is 37.0 Å². The Balaban J connectivity index is 2.11. The van der Waals surface area contributed by atoms with E-state index < -0.39 is 11.9 Å². The fourth-order valence-corrected chi connectivity index (χ4v) is 2.23. The smallest absolute Gasteiger partial charge is 0.307 e. The van der Waals surface area contributed by atoms with Crippen molar-refractivity contribution >= 4 is 21.9 Å². The van der Waals surface area contributed by atoms with Gasteiger partial charge in [-0.05, 0) is 17.7 Å². The summed E-state index contributed by atoms with van der Waals surface area (Å²) in [5.41, 5.74) is 1.06. The van der Waals surface area contributed by atoms with Gasteiger partial charge in [-0.15, -0.1) is 0 Å². The Morgan fingerprint density at radius 3 is 2.85 bits per heavy atom. The summed E-state index contributed by atoms with van der Waals surface area (Å²) >= 11 is 3.41. The highest BCUT2D eigenvalue weighted by molar-refractivity contribution is 9.10. The van der Waals surface area contributed by atoms with Crippen molar-refractivity contribution in [2.75, 3.05) is 0 Å². The fraction of sp³-hybridized carbons (Fsp3) is 0.357. The monoisotopic (exact) mass is 338 g/mol. The summed E-state index contributed by atoms with van der Waals surface area (Å²) in [6.07, 6.45) is 0.553. The second-order valence-corrected chi connectivity index (χ2v) is 5.69.